The van der Waals surface area contributed by atoms with E-state index in [0.29, 0.717) is 12.0 Å². The van der Waals surface area contributed by atoms with E-state index in [9.17, 15) is 0 Å². The normalized spacial score (nSPS) is 20.6. The highest BCUT2D eigenvalue weighted by atomic mass is 16.5. The third kappa shape index (κ3) is 3.45. The molecule has 0 saturated carbocycles. The van der Waals surface area contributed by atoms with Gasteiger partial charge in [-0.2, -0.15) is 0 Å². The monoisotopic (exact) mass is 364 g/mol. The van der Waals surface area contributed by atoms with Crippen LogP contribution >= 0.6 is 0 Å². The molecule has 2 atom stereocenters. The second-order valence-corrected chi connectivity index (χ2v) is 7.77. The number of methoxy groups -OCH3 is 1. The number of aryl methyl sites for hydroxylation is 1. The number of rotatable bonds is 5. The van der Waals surface area contributed by atoms with E-state index in [1.165, 1.54) is 22.0 Å². The molecule has 0 aliphatic carbocycles. The Kier molecular flexibility index (Phi) is 4.89. The van der Waals surface area contributed by atoms with Gasteiger partial charge in [-0.1, -0.05) is 6.07 Å². The van der Waals surface area contributed by atoms with Crippen molar-refractivity contribution in [1.29, 1.82) is 0 Å². The Balaban J connectivity index is 1.68. The first-order chi connectivity index (χ1) is 13.1. The minimum atomic E-state index is 0.465. The molecule has 1 fully saturated rings. The first-order valence-electron chi connectivity index (χ1n) is 9.47. The Labute approximate surface area is 161 Å². The quantitative estimate of drug-likeness (QED) is 0.697. The van der Waals surface area contributed by atoms with Gasteiger partial charge in [0, 0.05) is 68.1 Å². The molecule has 27 heavy (non-hydrogen) atoms. The van der Waals surface area contributed by atoms with E-state index in [1.807, 2.05) is 24.5 Å². The molecule has 0 bridgehead atoms. The predicted molar refractivity (Wildman–Crippen MR) is 109 cm³/mol. The van der Waals surface area contributed by atoms with Crippen LogP contribution < -0.4 is 4.74 Å². The maximum Gasteiger partial charge on any atom is 0.119 e. The van der Waals surface area contributed by atoms with Crippen LogP contribution in [0.5, 0.6) is 5.75 Å². The van der Waals surface area contributed by atoms with Crippen LogP contribution in [0.2, 0.25) is 0 Å². The summed E-state index contributed by atoms with van der Waals surface area (Å²) in [5.41, 5.74) is 3.95. The van der Waals surface area contributed by atoms with E-state index in [2.05, 4.69) is 64.9 Å². The molecule has 142 valence electrons. The van der Waals surface area contributed by atoms with Gasteiger partial charge in [-0.05, 0) is 49.5 Å². The SMILES string of the molecule is COc1ccc2c(c1)c([C@@H]1CN(Cc3cccnc3)C[C@H]1N(C)C)cn2C. The van der Waals surface area contributed by atoms with E-state index >= 15 is 0 Å². The van der Waals surface area contributed by atoms with Crippen molar-refractivity contribution in [2.24, 2.45) is 7.05 Å². The molecule has 1 saturated heterocycles. The molecule has 1 aliphatic heterocycles. The third-order valence-corrected chi connectivity index (χ3v) is 5.78. The predicted octanol–water partition coefficient (Wildman–Crippen LogP) is 3.11. The van der Waals surface area contributed by atoms with Crippen LogP contribution in [0.1, 0.15) is 17.0 Å². The molecule has 0 spiro atoms. The number of aromatic nitrogens is 2. The Bertz CT molecular complexity index is 919. The maximum atomic E-state index is 5.49. The molecular weight excluding hydrogens is 336 g/mol. The number of hydrogen-bond acceptors (Lipinski definition) is 4. The largest absolute Gasteiger partial charge is 0.497 e. The Morgan fingerprint density at radius 1 is 1.22 bits per heavy atom. The van der Waals surface area contributed by atoms with Crippen molar-refractivity contribution in [3.05, 3.63) is 60.0 Å². The summed E-state index contributed by atoms with van der Waals surface area (Å²) in [5.74, 6) is 1.38. The molecular formula is C22H28N4O. The van der Waals surface area contributed by atoms with Gasteiger partial charge in [0.25, 0.3) is 0 Å². The van der Waals surface area contributed by atoms with Crippen molar-refractivity contribution in [1.82, 2.24) is 19.4 Å². The van der Waals surface area contributed by atoms with Crippen molar-refractivity contribution in [3.8, 4) is 5.75 Å². The van der Waals surface area contributed by atoms with Gasteiger partial charge in [0.05, 0.1) is 7.11 Å². The van der Waals surface area contributed by atoms with Gasteiger partial charge in [-0.25, -0.2) is 0 Å². The van der Waals surface area contributed by atoms with Gasteiger partial charge < -0.3 is 14.2 Å². The number of likely N-dealkylation sites (tertiary alicyclic amines) is 1. The summed E-state index contributed by atoms with van der Waals surface area (Å²) in [5, 5.41) is 1.30. The van der Waals surface area contributed by atoms with Crippen LogP contribution in [0.4, 0.5) is 0 Å². The topological polar surface area (TPSA) is 33.5 Å². The van der Waals surface area contributed by atoms with Crippen LogP contribution in [-0.2, 0) is 13.6 Å². The summed E-state index contributed by atoms with van der Waals surface area (Å²) < 4.78 is 7.72. The second-order valence-electron chi connectivity index (χ2n) is 7.77. The lowest BCUT2D eigenvalue weighted by molar-refractivity contribution is 0.260. The number of hydrogen-bond donors (Lipinski definition) is 0. The molecule has 1 aromatic carbocycles. The summed E-state index contributed by atoms with van der Waals surface area (Å²) >= 11 is 0. The van der Waals surface area contributed by atoms with Gasteiger partial charge in [0.15, 0.2) is 0 Å². The minimum Gasteiger partial charge on any atom is -0.497 e. The fourth-order valence-corrected chi connectivity index (χ4v) is 4.40. The first-order valence-corrected chi connectivity index (χ1v) is 9.47. The maximum absolute atomic E-state index is 5.49. The van der Waals surface area contributed by atoms with E-state index in [4.69, 9.17) is 4.74 Å². The third-order valence-electron chi connectivity index (χ3n) is 5.78. The van der Waals surface area contributed by atoms with Gasteiger partial charge in [-0.15, -0.1) is 0 Å². The lowest BCUT2D eigenvalue weighted by Gasteiger charge is -2.25. The van der Waals surface area contributed by atoms with Crippen molar-refractivity contribution in [3.63, 3.8) is 0 Å². The zero-order chi connectivity index (χ0) is 19.0. The second kappa shape index (κ2) is 7.33. The molecule has 4 rings (SSSR count). The van der Waals surface area contributed by atoms with Gasteiger partial charge in [0.1, 0.15) is 5.75 Å². The van der Waals surface area contributed by atoms with Crippen LogP contribution in [-0.4, -0.2) is 59.7 Å². The number of likely N-dealkylation sites (N-methyl/N-ethyl adjacent to an activating group) is 1. The molecule has 3 heterocycles. The fraction of sp³-hybridized carbons (Fsp3) is 0.409. The molecule has 5 heteroatoms. The highest BCUT2D eigenvalue weighted by Gasteiger charge is 2.36. The van der Waals surface area contributed by atoms with Crippen LogP contribution in [0.25, 0.3) is 10.9 Å². The van der Waals surface area contributed by atoms with Crippen LogP contribution in [0.3, 0.4) is 0 Å². The number of fused-ring (bicyclic) bond motifs is 1. The standard InChI is InChI=1S/C22H28N4O/c1-24(2)22-15-26(12-16-6-5-9-23-11-16)14-20(22)19-13-25(3)21-8-7-17(27-4)10-18(19)21/h5-11,13,20,22H,12,14-15H2,1-4H3/t20-,22+/m0/s1. The van der Waals surface area contributed by atoms with Crippen molar-refractivity contribution in [2.75, 3.05) is 34.3 Å². The van der Waals surface area contributed by atoms with Gasteiger partial charge >= 0.3 is 0 Å². The molecule has 3 aromatic rings. The molecule has 0 radical (unpaired) electrons. The van der Waals surface area contributed by atoms with Crippen molar-refractivity contribution < 1.29 is 4.74 Å². The van der Waals surface area contributed by atoms with Gasteiger partial charge in [-0.3, -0.25) is 9.88 Å². The lowest BCUT2D eigenvalue weighted by atomic mass is 9.93. The zero-order valence-electron chi connectivity index (χ0n) is 16.6. The average Bonchev–Trinajstić information content (AvgIpc) is 3.23. The molecule has 5 nitrogen and oxygen atoms in total. The number of benzene rings is 1. The smallest absolute Gasteiger partial charge is 0.119 e. The Morgan fingerprint density at radius 3 is 2.78 bits per heavy atom. The number of ether oxygens (including phenoxy) is 1. The van der Waals surface area contributed by atoms with Crippen molar-refractivity contribution in [2.45, 2.75) is 18.5 Å². The Morgan fingerprint density at radius 2 is 2.07 bits per heavy atom. The van der Waals surface area contributed by atoms with Gasteiger partial charge in [0.2, 0.25) is 0 Å². The van der Waals surface area contributed by atoms with E-state index in [0.717, 1.165) is 25.4 Å². The van der Waals surface area contributed by atoms with Crippen molar-refractivity contribution >= 4 is 10.9 Å². The summed E-state index contributed by atoms with van der Waals surface area (Å²) in [6.07, 6.45) is 6.11. The molecule has 2 aromatic heterocycles. The molecule has 0 N–H and O–H groups in total. The number of nitrogens with zero attached hydrogens (tertiary/aromatic N) is 4. The highest BCUT2D eigenvalue weighted by Crippen LogP contribution is 2.37. The van der Waals surface area contributed by atoms with Crippen LogP contribution in [0, 0.1) is 0 Å². The lowest BCUT2D eigenvalue weighted by Crippen LogP contribution is -2.34. The Hall–Kier alpha value is -2.37. The zero-order valence-corrected chi connectivity index (χ0v) is 16.6. The van der Waals surface area contributed by atoms with E-state index in [1.54, 1.807) is 7.11 Å². The summed E-state index contributed by atoms with van der Waals surface area (Å²) in [7, 11) is 8.25. The molecule has 0 amide bonds. The first kappa shape index (κ1) is 18.0. The van der Waals surface area contributed by atoms with E-state index < -0.39 is 0 Å². The average molecular weight is 364 g/mol. The highest BCUT2D eigenvalue weighted by molar-refractivity contribution is 5.86. The van der Waals surface area contributed by atoms with Crippen LogP contribution in [0.15, 0.2) is 48.9 Å². The fourth-order valence-electron chi connectivity index (χ4n) is 4.40. The summed E-state index contributed by atoms with van der Waals surface area (Å²) in [6, 6.07) is 11.0. The molecule has 0 unspecified atom stereocenters. The summed E-state index contributed by atoms with van der Waals surface area (Å²) in [4.78, 5) is 9.18. The summed E-state index contributed by atoms with van der Waals surface area (Å²) in [6.45, 7) is 3.06. The minimum absolute atomic E-state index is 0.465. The van der Waals surface area contributed by atoms with E-state index in [-0.39, 0.29) is 0 Å². The number of pyridine rings is 1. The molecule has 1 aliphatic rings.